The molecule has 8 heteroatoms. The van der Waals surface area contributed by atoms with Crippen LogP contribution >= 0.6 is 23.2 Å². The van der Waals surface area contributed by atoms with E-state index in [1.54, 1.807) is 0 Å². The summed E-state index contributed by atoms with van der Waals surface area (Å²) in [6, 6.07) is 44.2. The van der Waals surface area contributed by atoms with Crippen molar-refractivity contribution >= 4 is 23.2 Å². The van der Waals surface area contributed by atoms with Gasteiger partial charge in [-0.3, -0.25) is 0 Å². The second-order valence-corrected chi connectivity index (χ2v) is 13.7. The molecule has 51 heavy (non-hydrogen) atoms. The average Bonchev–Trinajstić information content (AvgIpc) is 3.54. The van der Waals surface area contributed by atoms with Crippen molar-refractivity contribution in [3.05, 3.63) is 172 Å². The summed E-state index contributed by atoms with van der Waals surface area (Å²) in [5.74, 6) is -0.413. The van der Waals surface area contributed by atoms with Gasteiger partial charge < -0.3 is 28.4 Å². The van der Waals surface area contributed by atoms with Crippen molar-refractivity contribution in [2.75, 3.05) is 19.1 Å². The number of fused-ring (bicyclic) bond motifs is 2. The molecule has 0 saturated carbocycles. The van der Waals surface area contributed by atoms with Gasteiger partial charge in [-0.25, -0.2) is 0 Å². The largest absolute Gasteiger partial charge is 0.494 e. The van der Waals surface area contributed by atoms with E-state index in [4.69, 9.17) is 51.6 Å². The normalized spacial score (nSPS) is 24.0. The highest BCUT2D eigenvalue weighted by Crippen LogP contribution is 2.53. The lowest BCUT2D eigenvalue weighted by atomic mass is 9.83. The first-order valence-electron chi connectivity index (χ1n) is 17.4. The zero-order valence-electron chi connectivity index (χ0n) is 28.6. The first kappa shape index (κ1) is 35.7. The van der Waals surface area contributed by atoms with E-state index < -0.39 is 29.7 Å². The lowest BCUT2D eigenvalue weighted by molar-refractivity contribution is -0.346. The van der Waals surface area contributed by atoms with Crippen LogP contribution in [0, 0.1) is 0 Å². The number of hydrogen-bond donors (Lipinski definition) is 0. The molecule has 0 aromatic heterocycles. The highest BCUT2D eigenvalue weighted by Gasteiger charge is 2.69. The summed E-state index contributed by atoms with van der Waals surface area (Å²) in [6.07, 6.45) is -1.40. The van der Waals surface area contributed by atoms with Crippen molar-refractivity contribution in [3.63, 3.8) is 0 Å². The van der Waals surface area contributed by atoms with Gasteiger partial charge in [0.15, 0.2) is 0 Å². The van der Waals surface area contributed by atoms with Crippen molar-refractivity contribution in [1.29, 1.82) is 0 Å². The van der Waals surface area contributed by atoms with Gasteiger partial charge in [0.05, 0.1) is 38.9 Å². The molecule has 5 aromatic carbocycles. The summed E-state index contributed by atoms with van der Waals surface area (Å²) < 4.78 is 40.2. The second kappa shape index (κ2) is 16.3. The Kier molecular flexibility index (Phi) is 11.4. The molecule has 2 aliphatic heterocycles. The fourth-order valence-corrected chi connectivity index (χ4v) is 7.39. The molecule has 0 unspecified atom stereocenters. The Morgan fingerprint density at radius 2 is 1.24 bits per heavy atom. The summed E-state index contributed by atoms with van der Waals surface area (Å²) in [6.45, 7) is 3.74. The van der Waals surface area contributed by atoms with Gasteiger partial charge >= 0.3 is 0 Å². The van der Waals surface area contributed by atoms with Crippen LogP contribution in [-0.2, 0) is 55.7 Å². The Hall–Kier alpha value is -3.72. The van der Waals surface area contributed by atoms with E-state index in [1.165, 1.54) is 0 Å². The van der Waals surface area contributed by atoms with E-state index in [-0.39, 0.29) is 12.5 Å². The third-order valence-corrected chi connectivity index (χ3v) is 10.3. The average molecular weight is 726 g/mol. The molecule has 0 amide bonds. The van der Waals surface area contributed by atoms with Crippen LogP contribution in [0.2, 0.25) is 5.02 Å². The summed E-state index contributed by atoms with van der Waals surface area (Å²) >= 11 is 13.7. The topological polar surface area (TPSA) is 55.4 Å². The first-order chi connectivity index (χ1) is 25.0. The van der Waals surface area contributed by atoms with Crippen molar-refractivity contribution in [1.82, 2.24) is 0 Å². The molecule has 2 fully saturated rings. The quantitative estimate of drug-likeness (QED) is 0.100. The van der Waals surface area contributed by atoms with E-state index in [2.05, 4.69) is 18.2 Å². The SMILES string of the molecule is CCOc1ccc(Cc2cc([C@]34OC[C@](CCl)(O3)[C@@H](OCc3ccccc3)[C@H](OCc3ccccc3)[C@H]4OCc3ccccc3)ccc2Cl)cc1. The number of alkyl halides is 1. The lowest BCUT2D eigenvalue weighted by Gasteiger charge is -2.50. The van der Waals surface area contributed by atoms with Crippen LogP contribution in [-0.4, -0.2) is 43.0 Å². The van der Waals surface area contributed by atoms with E-state index in [1.807, 2.05) is 122 Å². The second-order valence-electron chi connectivity index (χ2n) is 13.0. The van der Waals surface area contributed by atoms with E-state index in [0.717, 1.165) is 39.1 Å². The lowest BCUT2D eigenvalue weighted by Crippen LogP contribution is -2.67. The summed E-state index contributed by atoms with van der Waals surface area (Å²) in [5.41, 5.74) is 4.83. The molecule has 2 aliphatic rings. The minimum atomic E-state index is -1.37. The maximum atomic E-state index is 7.14. The molecule has 0 aliphatic carbocycles. The van der Waals surface area contributed by atoms with Crippen LogP contribution < -0.4 is 4.74 Å². The minimum absolute atomic E-state index is 0.122. The number of halogens is 2. The van der Waals surface area contributed by atoms with Crippen LogP contribution in [0.25, 0.3) is 0 Å². The Bertz CT molecular complexity index is 1840. The molecule has 6 nitrogen and oxygen atoms in total. The molecule has 2 heterocycles. The van der Waals surface area contributed by atoms with Crippen LogP contribution in [0.3, 0.4) is 0 Å². The third kappa shape index (κ3) is 7.88. The molecule has 5 atom stereocenters. The zero-order chi connectivity index (χ0) is 35.1. The Labute approximate surface area is 310 Å². The molecule has 0 N–H and O–H groups in total. The highest BCUT2D eigenvalue weighted by molar-refractivity contribution is 6.31. The molecule has 2 bridgehead atoms. The monoisotopic (exact) mass is 724 g/mol. The fraction of sp³-hybridized carbons (Fsp3) is 0.302. The standard InChI is InChI=1S/C43H42Cl2O6/c1-2-46-37-21-18-31(19-22-37)24-35-25-36(20-23-38(35)45)43-41(49-28-34-16-10-5-11-17-34)39(47-26-32-12-6-3-7-13-32)40(42(29-44,51-43)30-50-43)48-27-33-14-8-4-9-15-33/h3-23,25,39-41H,2,24,26-30H2,1H3/t39-,40-,41+,42-,43-/m0/s1. The van der Waals surface area contributed by atoms with Crippen molar-refractivity contribution < 1.29 is 28.4 Å². The van der Waals surface area contributed by atoms with Crippen molar-refractivity contribution in [2.45, 2.75) is 62.9 Å². The fourth-order valence-electron chi connectivity index (χ4n) is 6.92. The van der Waals surface area contributed by atoms with E-state index in [9.17, 15) is 0 Å². The van der Waals surface area contributed by atoms with Crippen molar-refractivity contribution in [2.24, 2.45) is 0 Å². The van der Waals surface area contributed by atoms with Crippen molar-refractivity contribution in [3.8, 4) is 5.75 Å². The van der Waals surface area contributed by atoms with Gasteiger partial charge in [-0.15, -0.1) is 11.6 Å². The van der Waals surface area contributed by atoms with Gasteiger partial charge in [0.1, 0.15) is 29.7 Å². The molecule has 0 spiro atoms. The summed E-state index contributed by atoms with van der Waals surface area (Å²) in [4.78, 5) is 0. The molecular formula is C43H42Cl2O6. The highest BCUT2D eigenvalue weighted by atomic mass is 35.5. The zero-order valence-corrected chi connectivity index (χ0v) is 30.1. The molecule has 5 aromatic rings. The van der Waals surface area contributed by atoms with E-state index in [0.29, 0.717) is 37.9 Å². The molecule has 2 saturated heterocycles. The predicted molar refractivity (Wildman–Crippen MR) is 199 cm³/mol. The number of hydrogen-bond acceptors (Lipinski definition) is 6. The van der Waals surface area contributed by atoms with Crippen LogP contribution in [0.4, 0.5) is 0 Å². The maximum Gasteiger partial charge on any atom is 0.225 e. The first-order valence-corrected chi connectivity index (χ1v) is 18.3. The minimum Gasteiger partial charge on any atom is -0.494 e. The molecular weight excluding hydrogens is 683 g/mol. The van der Waals surface area contributed by atoms with Crippen LogP contribution in [0.5, 0.6) is 5.75 Å². The van der Waals surface area contributed by atoms with Crippen LogP contribution in [0.15, 0.2) is 133 Å². The molecule has 7 rings (SSSR count). The third-order valence-electron chi connectivity index (χ3n) is 9.51. The summed E-state index contributed by atoms with van der Waals surface area (Å²) in [5, 5.41) is 0.643. The van der Waals surface area contributed by atoms with Gasteiger partial charge in [0.2, 0.25) is 5.79 Å². The number of ether oxygens (including phenoxy) is 6. The molecule has 0 radical (unpaired) electrons. The Balaban J connectivity index is 1.28. The number of rotatable bonds is 15. The Morgan fingerprint density at radius 1 is 0.667 bits per heavy atom. The Morgan fingerprint density at radius 3 is 1.80 bits per heavy atom. The smallest absolute Gasteiger partial charge is 0.225 e. The number of benzene rings is 5. The van der Waals surface area contributed by atoms with Gasteiger partial charge in [0, 0.05) is 10.6 Å². The maximum absolute atomic E-state index is 7.14. The molecule has 264 valence electrons. The predicted octanol–water partition coefficient (Wildman–Crippen LogP) is 9.28. The van der Waals surface area contributed by atoms with Gasteiger partial charge in [-0.2, -0.15) is 0 Å². The summed E-state index contributed by atoms with van der Waals surface area (Å²) in [7, 11) is 0. The van der Waals surface area contributed by atoms with Gasteiger partial charge in [-0.1, -0.05) is 121 Å². The van der Waals surface area contributed by atoms with Gasteiger partial charge in [-0.05, 0) is 65.4 Å². The van der Waals surface area contributed by atoms with Gasteiger partial charge in [0.25, 0.3) is 0 Å². The van der Waals surface area contributed by atoms with Crippen LogP contribution in [0.1, 0.15) is 40.3 Å². The van der Waals surface area contributed by atoms with E-state index >= 15 is 0 Å².